The van der Waals surface area contributed by atoms with Gasteiger partial charge in [0.2, 0.25) is 11.8 Å². The van der Waals surface area contributed by atoms with Crippen LogP contribution in [0.3, 0.4) is 0 Å². The lowest BCUT2D eigenvalue weighted by Crippen LogP contribution is -2.09. The molecular weight excluding hydrogens is 409 g/mol. The largest absolute Gasteiger partial charge is 0.439 e. The second-order valence-corrected chi connectivity index (χ2v) is 6.88. The van der Waals surface area contributed by atoms with Gasteiger partial charge in [-0.3, -0.25) is 0 Å². The first-order chi connectivity index (χ1) is 14.8. The monoisotopic (exact) mass is 426 g/mol. The first-order valence-electron chi connectivity index (χ1n) is 9.23. The molecule has 0 bridgehead atoms. The molecule has 0 fully saturated rings. The molecule has 1 aromatic heterocycles. The van der Waals surface area contributed by atoms with E-state index in [4.69, 9.17) is 16.2 Å². The molecule has 2 heterocycles. The Labute approximate surface area is 175 Å². The number of nitrogens with two attached hydrogens (primary N) is 2. The summed E-state index contributed by atoms with van der Waals surface area (Å²) in [6, 6.07) is 13.8. The highest BCUT2D eigenvalue weighted by atomic mass is 19.4. The van der Waals surface area contributed by atoms with E-state index in [1.165, 1.54) is 12.1 Å². The zero-order valence-electron chi connectivity index (χ0n) is 16.1. The van der Waals surface area contributed by atoms with E-state index in [-0.39, 0.29) is 17.6 Å². The van der Waals surface area contributed by atoms with Gasteiger partial charge in [-0.2, -0.15) is 33.3 Å². The van der Waals surface area contributed by atoms with E-state index in [1.54, 1.807) is 18.2 Å². The van der Waals surface area contributed by atoms with Gasteiger partial charge >= 0.3 is 6.18 Å². The maximum absolute atomic E-state index is 12.9. The van der Waals surface area contributed by atoms with Crippen LogP contribution in [-0.2, 0) is 12.6 Å². The number of anilines is 2. The van der Waals surface area contributed by atoms with Crippen molar-refractivity contribution in [3.63, 3.8) is 0 Å². The van der Waals surface area contributed by atoms with E-state index >= 15 is 0 Å². The van der Waals surface area contributed by atoms with Gasteiger partial charge < -0.3 is 16.2 Å². The number of benzene rings is 2. The predicted octanol–water partition coefficient (Wildman–Crippen LogP) is 4.24. The molecule has 0 unspecified atom stereocenters. The second kappa shape index (κ2) is 8.05. The summed E-state index contributed by atoms with van der Waals surface area (Å²) in [7, 11) is 0. The molecule has 31 heavy (non-hydrogen) atoms. The lowest BCUT2D eigenvalue weighted by Gasteiger charge is -2.09. The molecule has 10 heteroatoms. The Balaban J connectivity index is 1.39. The summed E-state index contributed by atoms with van der Waals surface area (Å²) in [5, 5.41) is 8.32. The van der Waals surface area contributed by atoms with Gasteiger partial charge in [0.05, 0.1) is 17.0 Å². The minimum Gasteiger partial charge on any atom is -0.439 e. The van der Waals surface area contributed by atoms with E-state index in [1.807, 2.05) is 12.1 Å². The summed E-state index contributed by atoms with van der Waals surface area (Å²) < 4.78 is 44.3. The number of halogens is 3. The van der Waals surface area contributed by atoms with E-state index in [0.717, 1.165) is 23.4 Å². The first kappa shape index (κ1) is 20.3. The highest BCUT2D eigenvalue weighted by molar-refractivity contribution is 6.15. The topological polar surface area (TPSA) is 112 Å². The summed E-state index contributed by atoms with van der Waals surface area (Å²) >= 11 is 0. The smallest absolute Gasteiger partial charge is 0.416 e. The number of hydrogen-bond donors (Lipinski definition) is 2. The number of hydrogen-bond acceptors (Lipinski definition) is 7. The molecule has 158 valence electrons. The Bertz CT molecular complexity index is 1150. The van der Waals surface area contributed by atoms with E-state index in [2.05, 4.69) is 20.2 Å². The molecule has 0 saturated heterocycles. The van der Waals surface area contributed by atoms with Crippen LogP contribution >= 0.6 is 0 Å². The fourth-order valence-corrected chi connectivity index (χ4v) is 3.10. The Morgan fingerprint density at radius 3 is 2.42 bits per heavy atom. The molecule has 2 aromatic carbocycles. The lowest BCUT2D eigenvalue weighted by molar-refractivity contribution is -0.137. The first-order valence-corrected chi connectivity index (χ1v) is 9.23. The van der Waals surface area contributed by atoms with E-state index < -0.39 is 11.7 Å². The van der Waals surface area contributed by atoms with Crippen molar-refractivity contribution in [1.29, 1.82) is 0 Å². The van der Waals surface area contributed by atoms with Crippen molar-refractivity contribution in [3.05, 3.63) is 71.3 Å². The molecule has 7 nitrogen and oxygen atoms in total. The Kier molecular flexibility index (Phi) is 5.28. The van der Waals surface area contributed by atoms with Crippen LogP contribution in [0.25, 0.3) is 0 Å². The van der Waals surface area contributed by atoms with Gasteiger partial charge in [0.25, 0.3) is 0 Å². The van der Waals surface area contributed by atoms with Gasteiger partial charge in [0, 0.05) is 18.9 Å². The van der Waals surface area contributed by atoms with Crippen molar-refractivity contribution in [3.8, 4) is 11.6 Å². The van der Waals surface area contributed by atoms with Gasteiger partial charge in [-0.15, -0.1) is 0 Å². The molecule has 0 saturated carbocycles. The zero-order chi connectivity index (χ0) is 22.0. The van der Waals surface area contributed by atoms with Crippen LogP contribution in [0.1, 0.15) is 23.1 Å². The third-order valence-corrected chi connectivity index (χ3v) is 4.50. The van der Waals surface area contributed by atoms with Gasteiger partial charge in [0.15, 0.2) is 0 Å². The molecule has 0 spiro atoms. The molecule has 0 aliphatic carbocycles. The Morgan fingerprint density at radius 2 is 1.71 bits per heavy atom. The fourth-order valence-electron chi connectivity index (χ4n) is 3.10. The third-order valence-electron chi connectivity index (χ3n) is 4.50. The standard InChI is InChI=1S/C21H17F3N6O/c22-21(23,24)14-3-1-2-12(8-14)9-15-10-17(30-29-15)13-4-6-16(7-5-13)31-19-11-18(25)27-20(26)28-19/h1-8,11H,9-10H2,(H4,25,26,27,28). The SMILES string of the molecule is Nc1cc(Oc2ccc(C3=NN=C(Cc4cccc(C(F)(F)F)c4)C3)cc2)nc(N)n1. The van der Waals surface area contributed by atoms with Crippen molar-refractivity contribution in [1.82, 2.24) is 9.97 Å². The summed E-state index contributed by atoms with van der Waals surface area (Å²) in [5.41, 5.74) is 13.3. The summed E-state index contributed by atoms with van der Waals surface area (Å²) in [6.45, 7) is 0. The van der Waals surface area contributed by atoms with Crippen LogP contribution < -0.4 is 16.2 Å². The third kappa shape index (κ3) is 4.97. The number of aromatic nitrogens is 2. The zero-order valence-corrected chi connectivity index (χ0v) is 16.1. The van der Waals surface area contributed by atoms with E-state index in [9.17, 15) is 13.2 Å². The fraction of sp³-hybridized carbons (Fsp3) is 0.143. The molecule has 1 aliphatic heterocycles. The average Bonchev–Trinajstić information content (AvgIpc) is 3.16. The molecular formula is C21H17F3N6O. The van der Waals surface area contributed by atoms with Crippen molar-refractivity contribution in [2.45, 2.75) is 19.0 Å². The van der Waals surface area contributed by atoms with Crippen LogP contribution in [0.2, 0.25) is 0 Å². The highest BCUT2D eigenvalue weighted by Crippen LogP contribution is 2.30. The molecule has 0 radical (unpaired) electrons. The van der Waals surface area contributed by atoms with Gasteiger partial charge in [0.1, 0.15) is 11.6 Å². The average molecular weight is 426 g/mol. The number of nitrogens with zero attached hydrogens (tertiary/aromatic N) is 4. The summed E-state index contributed by atoms with van der Waals surface area (Å²) in [5.74, 6) is 0.954. The number of rotatable bonds is 5. The number of nitrogen functional groups attached to an aromatic ring is 2. The summed E-state index contributed by atoms with van der Waals surface area (Å²) in [6.07, 6.45) is -3.62. The maximum atomic E-state index is 12.9. The van der Waals surface area contributed by atoms with Crippen LogP contribution in [0.4, 0.5) is 24.9 Å². The number of ether oxygens (including phenoxy) is 1. The molecule has 1 aliphatic rings. The van der Waals surface area contributed by atoms with Crippen LogP contribution in [0, 0.1) is 0 Å². The molecule has 0 amide bonds. The van der Waals surface area contributed by atoms with Crippen molar-refractivity contribution >= 4 is 23.2 Å². The summed E-state index contributed by atoms with van der Waals surface area (Å²) in [4.78, 5) is 7.73. The van der Waals surface area contributed by atoms with Crippen LogP contribution in [0.5, 0.6) is 11.6 Å². The highest BCUT2D eigenvalue weighted by Gasteiger charge is 2.30. The molecule has 0 atom stereocenters. The quantitative estimate of drug-likeness (QED) is 0.634. The van der Waals surface area contributed by atoms with E-state index in [0.29, 0.717) is 29.9 Å². The van der Waals surface area contributed by atoms with Crippen LogP contribution in [0.15, 0.2) is 64.8 Å². The van der Waals surface area contributed by atoms with Gasteiger partial charge in [-0.05, 0) is 41.5 Å². The van der Waals surface area contributed by atoms with Crippen molar-refractivity contribution in [2.75, 3.05) is 11.5 Å². The minimum absolute atomic E-state index is 0.0115. The maximum Gasteiger partial charge on any atom is 0.416 e. The van der Waals surface area contributed by atoms with Gasteiger partial charge in [-0.25, -0.2) is 0 Å². The predicted molar refractivity (Wildman–Crippen MR) is 111 cm³/mol. The number of alkyl halides is 3. The van der Waals surface area contributed by atoms with Gasteiger partial charge in [-0.1, -0.05) is 18.2 Å². The second-order valence-electron chi connectivity index (χ2n) is 6.88. The Morgan fingerprint density at radius 1 is 0.935 bits per heavy atom. The van der Waals surface area contributed by atoms with Crippen molar-refractivity contribution in [2.24, 2.45) is 10.2 Å². The van der Waals surface area contributed by atoms with Crippen molar-refractivity contribution < 1.29 is 17.9 Å². The molecule has 4 rings (SSSR count). The molecule has 3 aromatic rings. The van der Waals surface area contributed by atoms with Crippen LogP contribution in [-0.4, -0.2) is 21.4 Å². The minimum atomic E-state index is -4.37. The lowest BCUT2D eigenvalue weighted by atomic mass is 10.00. The Hall–Kier alpha value is -3.95. The normalized spacial score (nSPS) is 13.6. The molecule has 4 N–H and O–H groups in total.